The number of aliphatic imine (C=N–C) groups is 1. The fourth-order valence-electron chi connectivity index (χ4n) is 1.23. The van der Waals surface area contributed by atoms with Crippen molar-refractivity contribution in [2.75, 3.05) is 0 Å². The van der Waals surface area contributed by atoms with E-state index in [1.54, 1.807) is 28.7 Å². The van der Waals surface area contributed by atoms with E-state index in [2.05, 4.69) is 29.2 Å². The van der Waals surface area contributed by atoms with Gasteiger partial charge < -0.3 is 0 Å². The summed E-state index contributed by atoms with van der Waals surface area (Å²) in [6, 6.07) is 4.08. The van der Waals surface area contributed by atoms with Gasteiger partial charge in [0.2, 0.25) is 0 Å². The van der Waals surface area contributed by atoms with Gasteiger partial charge in [0.1, 0.15) is 10.7 Å². The molecular weight excluding hydrogens is 236 g/mol. The van der Waals surface area contributed by atoms with Crippen LogP contribution in [0.25, 0.3) is 9.88 Å². The molecule has 0 unspecified atom stereocenters. The van der Waals surface area contributed by atoms with Crippen LogP contribution in [0, 0.1) is 0 Å². The van der Waals surface area contributed by atoms with Crippen LogP contribution in [0.3, 0.4) is 0 Å². The standard InChI is InChI=1S/C12H10N2S2/c1-3-9(13-4-2)10-8-16-12(14-10)11-6-5-7-15-11/h3-8H,1-2H2. The van der Waals surface area contributed by atoms with Gasteiger partial charge in [0.05, 0.1) is 10.6 Å². The lowest BCUT2D eigenvalue weighted by Gasteiger charge is -1.92. The van der Waals surface area contributed by atoms with Crippen molar-refractivity contribution in [2.45, 2.75) is 0 Å². The molecule has 0 aliphatic rings. The largest absolute Gasteiger partial charge is 0.255 e. The number of thiazole rings is 1. The summed E-state index contributed by atoms with van der Waals surface area (Å²) in [5.41, 5.74) is 1.61. The van der Waals surface area contributed by atoms with Crippen LogP contribution in [0.2, 0.25) is 0 Å². The molecule has 2 aromatic heterocycles. The van der Waals surface area contributed by atoms with Gasteiger partial charge in [0.25, 0.3) is 0 Å². The number of hydrogen-bond donors (Lipinski definition) is 0. The van der Waals surface area contributed by atoms with Gasteiger partial charge in [-0.25, -0.2) is 4.98 Å². The Morgan fingerprint density at radius 1 is 1.38 bits per heavy atom. The van der Waals surface area contributed by atoms with Crippen molar-refractivity contribution in [3.63, 3.8) is 0 Å². The van der Waals surface area contributed by atoms with Crippen molar-refractivity contribution < 1.29 is 0 Å². The second-order valence-corrected chi connectivity index (χ2v) is 4.72. The van der Waals surface area contributed by atoms with Gasteiger partial charge >= 0.3 is 0 Å². The summed E-state index contributed by atoms with van der Waals surface area (Å²) in [7, 11) is 0. The molecule has 0 aromatic carbocycles. The number of thiophene rings is 1. The molecule has 0 saturated heterocycles. The molecule has 0 saturated carbocycles. The van der Waals surface area contributed by atoms with Crippen LogP contribution in [0.5, 0.6) is 0 Å². The van der Waals surface area contributed by atoms with E-state index in [4.69, 9.17) is 0 Å². The van der Waals surface area contributed by atoms with Gasteiger partial charge in [-0.05, 0) is 17.5 Å². The maximum atomic E-state index is 4.52. The fraction of sp³-hybridized carbons (Fsp3) is 0. The summed E-state index contributed by atoms with van der Waals surface area (Å²) in [5.74, 6) is 0. The highest BCUT2D eigenvalue weighted by Crippen LogP contribution is 2.28. The van der Waals surface area contributed by atoms with Crippen LogP contribution >= 0.6 is 22.7 Å². The quantitative estimate of drug-likeness (QED) is 0.749. The van der Waals surface area contributed by atoms with Gasteiger partial charge in [-0.2, -0.15) is 0 Å². The number of rotatable bonds is 4. The minimum absolute atomic E-state index is 0.758. The molecule has 0 spiro atoms. The molecule has 0 radical (unpaired) electrons. The van der Waals surface area contributed by atoms with Gasteiger partial charge in [-0.15, -0.1) is 22.7 Å². The maximum Gasteiger partial charge on any atom is 0.134 e. The van der Waals surface area contributed by atoms with Crippen molar-refractivity contribution in [1.29, 1.82) is 0 Å². The Morgan fingerprint density at radius 3 is 2.88 bits per heavy atom. The molecule has 0 aliphatic carbocycles. The summed E-state index contributed by atoms with van der Waals surface area (Å²) in [5, 5.41) is 5.05. The Kier molecular flexibility index (Phi) is 3.44. The summed E-state index contributed by atoms with van der Waals surface area (Å²) in [4.78, 5) is 9.82. The predicted molar refractivity (Wildman–Crippen MR) is 72.4 cm³/mol. The Morgan fingerprint density at radius 2 is 2.25 bits per heavy atom. The lowest BCUT2D eigenvalue weighted by Crippen LogP contribution is -1.95. The number of nitrogens with zero attached hydrogens (tertiary/aromatic N) is 2. The molecule has 2 nitrogen and oxygen atoms in total. The van der Waals surface area contributed by atoms with Gasteiger partial charge in [0.15, 0.2) is 0 Å². The first-order valence-electron chi connectivity index (χ1n) is 4.66. The zero-order valence-electron chi connectivity index (χ0n) is 8.59. The average molecular weight is 246 g/mol. The molecule has 80 valence electrons. The Hall–Kier alpha value is -1.52. The summed E-state index contributed by atoms with van der Waals surface area (Å²) < 4.78 is 0. The molecule has 0 N–H and O–H groups in total. The average Bonchev–Trinajstić information content (AvgIpc) is 2.95. The fourth-order valence-corrected chi connectivity index (χ4v) is 2.85. The van der Waals surface area contributed by atoms with E-state index < -0.39 is 0 Å². The van der Waals surface area contributed by atoms with E-state index in [9.17, 15) is 0 Å². The van der Waals surface area contributed by atoms with Crippen LogP contribution in [-0.4, -0.2) is 10.7 Å². The van der Waals surface area contributed by atoms with E-state index >= 15 is 0 Å². The summed E-state index contributed by atoms with van der Waals surface area (Å²) >= 11 is 3.30. The molecule has 0 bridgehead atoms. The monoisotopic (exact) mass is 246 g/mol. The smallest absolute Gasteiger partial charge is 0.134 e. The molecular formula is C12H10N2S2. The van der Waals surface area contributed by atoms with E-state index in [1.165, 1.54) is 11.1 Å². The first-order valence-corrected chi connectivity index (χ1v) is 6.42. The summed E-state index contributed by atoms with van der Waals surface area (Å²) in [6.45, 7) is 7.29. The number of aromatic nitrogens is 1. The normalized spacial score (nSPS) is 11.4. The van der Waals surface area contributed by atoms with E-state index in [0.717, 1.165) is 16.4 Å². The molecule has 0 aliphatic heterocycles. The van der Waals surface area contributed by atoms with Crippen LogP contribution in [0.4, 0.5) is 0 Å². The molecule has 0 amide bonds. The van der Waals surface area contributed by atoms with Crippen molar-refractivity contribution in [1.82, 2.24) is 4.98 Å². The minimum atomic E-state index is 0.758. The van der Waals surface area contributed by atoms with E-state index in [1.807, 2.05) is 16.8 Å². The van der Waals surface area contributed by atoms with Crippen LogP contribution in [0.1, 0.15) is 5.69 Å². The topological polar surface area (TPSA) is 25.2 Å². The molecule has 4 heteroatoms. The SMILES string of the molecule is C=CN=C(C=C)c1csc(-c2cccs2)n1. The van der Waals surface area contributed by atoms with E-state index in [0.29, 0.717) is 0 Å². The highest BCUT2D eigenvalue weighted by molar-refractivity contribution is 7.20. The van der Waals surface area contributed by atoms with Crippen LogP contribution < -0.4 is 0 Å². The second-order valence-electron chi connectivity index (χ2n) is 2.92. The third-order valence-electron chi connectivity index (χ3n) is 1.92. The highest BCUT2D eigenvalue weighted by atomic mass is 32.1. The number of hydrogen-bond acceptors (Lipinski definition) is 4. The first-order chi connectivity index (χ1) is 7.85. The minimum Gasteiger partial charge on any atom is -0.255 e. The molecule has 2 aromatic rings. The Balaban J connectivity index is 2.36. The Bertz CT molecular complexity index is 521. The zero-order chi connectivity index (χ0) is 11.4. The van der Waals surface area contributed by atoms with Crippen molar-refractivity contribution >= 4 is 28.4 Å². The second kappa shape index (κ2) is 5.01. The number of allylic oxidation sites excluding steroid dienone is 1. The van der Waals surface area contributed by atoms with Crippen LogP contribution in [-0.2, 0) is 0 Å². The highest BCUT2D eigenvalue weighted by Gasteiger charge is 2.07. The summed E-state index contributed by atoms with van der Waals surface area (Å²) in [6.07, 6.45) is 3.19. The predicted octanol–water partition coefficient (Wildman–Crippen LogP) is 3.99. The molecule has 0 atom stereocenters. The zero-order valence-corrected chi connectivity index (χ0v) is 10.2. The molecule has 0 fully saturated rings. The molecule has 2 rings (SSSR count). The van der Waals surface area contributed by atoms with Gasteiger partial charge in [-0.1, -0.05) is 19.2 Å². The maximum absolute atomic E-state index is 4.52. The third-order valence-corrected chi connectivity index (χ3v) is 3.80. The van der Waals surface area contributed by atoms with Gasteiger partial charge in [-0.3, -0.25) is 4.99 Å². The van der Waals surface area contributed by atoms with Crippen molar-refractivity contribution in [3.8, 4) is 9.88 Å². The molecule has 2 heterocycles. The van der Waals surface area contributed by atoms with Crippen LogP contribution in [0.15, 0.2) is 53.3 Å². The lowest BCUT2D eigenvalue weighted by molar-refractivity contribution is 1.37. The van der Waals surface area contributed by atoms with Gasteiger partial charge in [0, 0.05) is 11.6 Å². The molecule has 16 heavy (non-hydrogen) atoms. The van der Waals surface area contributed by atoms with Crippen molar-refractivity contribution in [2.24, 2.45) is 4.99 Å². The van der Waals surface area contributed by atoms with E-state index in [-0.39, 0.29) is 0 Å². The first kappa shape index (κ1) is 11.0. The van der Waals surface area contributed by atoms with Crippen molar-refractivity contribution in [3.05, 3.63) is 54.0 Å². The third kappa shape index (κ3) is 2.18. The Labute approximate surface area is 102 Å². The lowest BCUT2D eigenvalue weighted by atomic mass is 10.3.